The Morgan fingerprint density at radius 1 is 1.18 bits per heavy atom. The lowest BCUT2D eigenvalue weighted by Gasteiger charge is -2.31. The minimum atomic E-state index is -0.837. The number of amides is 2. The zero-order valence-electron chi connectivity index (χ0n) is 15.4. The number of hydrogen-bond donors (Lipinski definition) is 1. The summed E-state index contributed by atoms with van der Waals surface area (Å²) in [6.45, 7) is 0.633. The number of aliphatic carboxylic acids is 1. The molecule has 0 atom stereocenters. The van der Waals surface area contributed by atoms with Gasteiger partial charge in [0.2, 0.25) is 5.91 Å². The van der Waals surface area contributed by atoms with Gasteiger partial charge in [0.1, 0.15) is 5.82 Å². The van der Waals surface area contributed by atoms with E-state index in [4.69, 9.17) is 5.11 Å². The van der Waals surface area contributed by atoms with E-state index in [2.05, 4.69) is 5.10 Å². The van der Waals surface area contributed by atoms with Gasteiger partial charge < -0.3 is 14.9 Å². The van der Waals surface area contributed by atoms with E-state index in [0.29, 0.717) is 31.6 Å². The number of halogens is 1. The van der Waals surface area contributed by atoms with Crippen LogP contribution in [0.2, 0.25) is 0 Å². The minimum absolute atomic E-state index is 0.111. The number of carboxylic acids is 1. The van der Waals surface area contributed by atoms with Crippen LogP contribution in [0.5, 0.6) is 0 Å². The molecule has 2 amide bonds. The quantitative estimate of drug-likeness (QED) is 0.836. The van der Waals surface area contributed by atoms with Crippen molar-refractivity contribution in [2.24, 2.45) is 5.92 Å². The number of hydrogen-bond acceptors (Lipinski definition) is 4. The molecule has 0 spiro atoms. The summed E-state index contributed by atoms with van der Waals surface area (Å²) in [5.41, 5.74) is 0.782. The van der Waals surface area contributed by atoms with Crippen LogP contribution in [-0.2, 0) is 9.59 Å². The zero-order chi connectivity index (χ0) is 20.3. The summed E-state index contributed by atoms with van der Waals surface area (Å²) in [5, 5.41) is 13.2. The van der Waals surface area contributed by atoms with Gasteiger partial charge in [-0.2, -0.15) is 5.10 Å². The van der Waals surface area contributed by atoms with Gasteiger partial charge in [-0.05, 0) is 43.2 Å². The van der Waals surface area contributed by atoms with Crippen molar-refractivity contribution in [3.05, 3.63) is 48.0 Å². The van der Waals surface area contributed by atoms with Gasteiger partial charge in [0, 0.05) is 26.3 Å². The summed E-state index contributed by atoms with van der Waals surface area (Å²) < 4.78 is 14.5. The van der Waals surface area contributed by atoms with Crippen LogP contribution in [0.15, 0.2) is 36.5 Å². The highest BCUT2D eigenvalue weighted by molar-refractivity contribution is 5.94. The summed E-state index contributed by atoms with van der Waals surface area (Å²) in [6, 6.07) is 7.23. The normalized spacial score (nSPS) is 14.7. The van der Waals surface area contributed by atoms with Crippen molar-refractivity contribution in [3.63, 3.8) is 0 Å². The van der Waals surface area contributed by atoms with Gasteiger partial charge >= 0.3 is 5.97 Å². The summed E-state index contributed by atoms with van der Waals surface area (Å²) in [6.07, 6.45) is 2.43. The van der Waals surface area contributed by atoms with Gasteiger partial charge in [-0.3, -0.25) is 14.4 Å². The fourth-order valence-electron chi connectivity index (χ4n) is 3.12. The Kier molecular flexibility index (Phi) is 5.72. The maximum atomic E-state index is 13.0. The van der Waals surface area contributed by atoms with Crippen molar-refractivity contribution >= 4 is 17.8 Å². The summed E-state index contributed by atoms with van der Waals surface area (Å²) in [5.74, 6) is -2.25. The van der Waals surface area contributed by atoms with E-state index in [9.17, 15) is 18.8 Å². The lowest BCUT2D eigenvalue weighted by Crippen LogP contribution is -2.45. The molecule has 0 bridgehead atoms. The van der Waals surface area contributed by atoms with Gasteiger partial charge in [-0.1, -0.05) is 0 Å². The van der Waals surface area contributed by atoms with Crippen LogP contribution in [0.3, 0.4) is 0 Å². The third-order valence-corrected chi connectivity index (χ3v) is 4.82. The molecular formula is C19H21FN4O4. The SMILES string of the molecule is CN(CC(=O)N1CCC(C(=O)O)CC1)C(=O)c1ccn(-c2ccc(F)cc2)n1. The lowest BCUT2D eigenvalue weighted by atomic mass is 9.97. The molecule has 2 heterocycles. The largest absolute Gasteiger partial charge is 0.481 e. The predicted octanol–water partition coefficient (Wildman–Crippen LogP) is 1.41. The van der Waals surface area contributed by atoms with Crippen LogP contribution in [-0.4, -0.2) is 69.2 Å². The first-order chi connectivity index (χ1) is 13.3. The number of rotatable bonds is 5. The Bertz CT molecular complexity index is 872. The third kappa shape index (κ3) is 4.36. The van der Waals surface area contributed by atoms with Gasteiger partial charge in [-0.25, -0.2) is 9.07 Å². The molecule has 0 aliphatic carbocycles. The van der Waals surface area contributed by atoms with E-state index in [1.54, 1.807) is 23.2 Å². The van der Waals surface area contributed by atoms with Crippen molar-refractivity contribution in [3.8, 4) is 5.69 Å². The summed E-state index contributed by atoms with van der Waals surface area (Å²) >= 11 is 0. The first kappa shape index (κ1) is 19.5. The maximum Gasteiger partial charge on any atom is 0.306 e. The molecule has 0 unspecified atom stereocenters. The number of likely N-dealkylation sites (tertiary alicyclic amines) is 1. The standard InChI is InChI=1S/C19H21FN4O4/c1-22(12-17(25)23-9-6-13(7-10-23)19(27)28)18(26)16-8-11-24(21-16)15-4-2-14(20)3-5-15/h2-5,8,11,13H,6-7,9-10,12H2,1H3,(H,27,28). The lowest BCUT2D eigenvalue weighted by molar-refractivity contribution is -0.145. The highest BCUT2D eigenvalue weighted by Gasteiger charge is 2.28. The van der Waals surface area contributed by atoms with Gasteiger partial charge in [0.15, 0.2) is 5.69 Å². The Balaban J connectivity index is 1.58. The monoisotopic (exact) mass is 388 g/mol. The third-order valence-electron chi connectivity index (χ3n) is 4.82. The Hall–Kier alpha value is -3.23. The highest BCUT2D eigenvalue weighted by atomic mass is 19.1. The van der Waals surface area contributed by atoms with Crippen molar-refractivity contribution in [1.82, 2.24) is 19.6 Å². The van der Waals surface area contributed by atoms with Crippen molar-refractivity contribution < 1.29 is 23.9 Å². The number of carbonyl (C=O) groups excluding carboxylic acids is 2. The molecule has 9 heteroatoms. The topological polar surface area (TPSA) is 95.7 Å². The van der Waals surface area contributed by atoms with Crippen LogP contribution >= 0.6 is 0 Å². The average Bonchev–Trinajstić information content (AvgIpc) is 3.18. The number of carbonyl (C=O) groups is 3. The van der Waals surface area contributed by atoms with E-state index in [-0.39, 0.29) is 24.0 Å². The summed E-state index contributed by atoms with van der Waals surface area (Å²) in [4.78, 5) is 38.8. The van der Waals surface area contributed by atoms with Gasteiger partial charge in [-0.15, -0.1) is 0 Å². The smallest absolute Gasteiger partial charge is 0.306 e. The molecule has 8 nitrogen and oxygen atoms in total. The van der Waals surface area contributed by atoms with Crippen LogP contribution in [0.1, 0.15) is 23.3 Å². The van der Waals surface area contributed by atoms with Crippen LogP contribution in [0, 0.1) is 11.7 Å². The molecule has 2 aromatic rings. The molecule has 1 aliphatic heterocycles. The molecule has 1 N–H and O–H groups in total. The predicted molar refractivity (Wildman–Crippen MR) is 97.4 cm³/mol. The van der Waals surface area contributed by atoms with Crippen molar-refractivity contribution in [1.29, 1.82) is 0 Å². The maximum absolute atomic E-state index is 13.0. The van der Waals surface area contributed by atoms with Crippen LogP contribution in [0.4, 0.5) is 4.39 Å². The van der Waals surface area contributed by atoms with Gasteiger partial charge in [0.25, 0.3) is 5.91 Å². The Morgan fingerprint density at radius 3 is 2.43 bits per heavy atom. The fraction of sp³-hybridized carbons (Fsp3) is 0.368. The van der Waals surface area contributed by atoms with E-state index >= 15 is 0 Å². The molecule has 1 aromatic heterocycles. The first-order valence-corrected chi connectivity index (χ1v) is 8.93. The average molecular weight is 388 g/mol. The first-order valence-electron chi connectivity index (χ1n) is 8.93. The Labute approximate surface area is 161 Å². The molecule has 1 aromatic carbocycles. The molecule has 0 saturated carbocycles. The number of likely N-dealkylation sites (N-methyl/N-ethyl adjacent to an activating group) is 1. The van der Waals surface area contributed by atoms with Crippen molar-refractivity contribution in [2.45, 2.75) is 12.8 Å². The van der Waals surface area contributed by atoms with E-state index in [1.165, 1.54) is 34.8 Å². The van der Waals surface area contributed by atoms with E-state index in [1.807, 2.05) is 0 Å². The Morgan fingerprint density at radius 2 is 1.82 bits per heavy atom. The molecular weight excluding hydrogens is 367 g/mol. The van der Waals surface area contributed by atoms with E-state index in [0.717, 1.165) is 0 Å². The molecule has 1 fully saturated rings. The number of nitrogens with zero attached hydrogens (tertiary/aromatic N) is 4. The number of piperidine rings is 1. The molecule has 3 rings (SSSR count). The molecule has 148 valence electrons. The summed E-state index contributed by atoms with van der Waals surface area (Å²) in [7, 11) is 1.52. The van der Waals surface area contributed by atoms with Gasteiger partial charge in [0.05, 0.1) is 18.2 Å². The molecule has 1 saturated heterocycles. The van der Waals surface area contributed by atoms with Crippen molar-refractivity contribution in [2.75, 3.05) is 26.7 Å². The number of benzene rings is 1. The molecule has 1 aliphatic rings. The second-order valence-electron chi connectivity index (χ2n) is 6.78. The van der Waals surface area contributed by atoms with E-state index < -0.39 is 17.8 Å². The number of carboxylic acid groups (broad SMARTS) is 1. The molecule has 28 heavy (non-hydrogen) atoms. The highest BCUT2D eigenvalue weighted by Crippen LogP contribution is 2.17. The second-order valence-corrected chi connectivity index (χ2v) is 6.78. The molecule has 0 radical (unpaired) electrons. The van der Waals surface area contributed by atoms with Crippen LogP contribution < -0.4 is 0 Å². The second kappa shape index (κ2) is 8.20. The zero-order valence-corrected chi connectivity index (χ0v) is 15.4. The van der Waals surface area contributed by atoms with Crippen LogP contribution in [0.25, 0.3) is 5.69 Å². The number of aromatic nitrogens is 2. The fourth-order valence-corrected chi connectivity index (χ4v) is 3.12. The minimum Gasteiger partial charge on any atom is -0.481 e.